The van der Waals surface area contributed by atoms with E-state index in [1.165, 1.54) is 16.5 Å². The molecule has 1 amide bonds. The van der Waals surface area contributed by atoms with Crippen molar-refractivity contribution in [1.29, 1.82) is 0 Å². The number of benzene rings is 1. The Morgan fingerprint density at radius 1 is 1.30 bits per heavy atom. The molecule has 1 aliphatic rings. The summed E-state index contributed by atoms with van der Waals surface area (Å²) in [4.78, 5) is 20.6. The third kappa shape index (κ3) is 5.38. The van der Waals surface area contributed by atoms with Gasteiger partial charge in [0.1, 0.15) is 10.0 Å². The number of likely N-dealkylation sites (N-methyl/N-ethyl adjacent to an activating group) is 1. The number of aromatic nitrogens is 1. The van der Waals surface area contributed by atoms with Crippen LogP contribution in [-0.2, 0) is 17.8 Å². The number of halogens is 1. The van der Waals surface area contributed by atoms with Gasteiger partial charge in [-0.2, -0.15) is 0 Å². The van der Waals surface area contributed by atoms with E-state index in [0.29, 0.717) is 0 Å². The van der Waals surface area contributed by atoms with Crippen molar-refractivity contribution in [3.05, 3.63) is 45.8 Å². The van der Waals surface area contributed by atoms with Gasteiger partial charge >= 0.3 is 0 Å². The highest BCUT2D eigenvalue weighted by molar-refractivity contribution is 9.10. The second-order valence-corrected chi connectivity index (χ2v) is 9.20. The largest absolute Gasteiger partial charge is 0.314 e. The highest BCUT2D eigenvalue weighted by Gasteiger charge is 2.27. The number of amides is 1. The van der Waals surface area contributed by atoms with E-state index in [9.17, 15) is 4.79 Å². The van der Waals surface area contributed by atoms with Crippen LogP contribution in [-0.4, -0.2) is 28.9 Å². The summed E-state index contributed by atoms with van der Waals surface area (Å²) in [7, 11) is 0. The number of fused-ring (bicyclic) bond motifs is 2. The molecular formula is C23H30BrN3OS2. The van der Waals surface area contributed by atoms with Gasteiger partial charge in [0.2, 0.25) is 5.91 Å². The molecule has 1 N–H and O–H groups in total. The minimum atomic E-state index is -0.180. The van der Waals surface area contributed by atoms with Crippen molar-refractivity contribution >= 4 is 59.7 Å². The van der Waals surface area contributed by atoms with Crippen LogP contribution in [0.3, 0.4) is 0 Å². The smallest absolute Gasteiger partial charge is 0.248 e. The van der Waals surface area contributed by atoms with Gasteiger partial charge in [-0.15, -0.1) is 22.7 Å². The Labute approximate surface area is 196 Å². The third-order valence-electron chi connectivity index (χ3n) is 4.57. The zero-order chi connectivity index (χ0) is 22.3. The molecule has 0 saturated heterocycles. The molecular weight excluding hydrogens is 478 g/mol. The Bertz CT molecular complexity index is 1010. The van der Waals surface area contributed by atoms with Crippen molar-refractivity contribution in [3.8, 4) is 10.6 Å². The summed E-state index contributed by atoms with van der Waals surface area (Å²) in [5.74, 6) is -0.180. The van der Waals surface area contributed by atoms with Crippen molar-refractivity contribution in [1.82, 2.24) is 9.88 Å². The maximum atomic E-state index is 12.0. The van der Waals surface area contributed by atoms with Gasteiger partial charge in [0, 0.05) is 28.0 Å². The summed E-state index contributed by atoms with van der Waals surface area (Å²) in [6.45, 7) is 16.8. The number of rotatable bonds is 4. The molecule has 1 aliphatic heterocycles. The monoisotopic (exact) mass is 507 g/mol. The second kappa shape index (κ2) is 11.7. The second-order valence-electron chi connectivity index (χ2n) is 6.15. The summed E-state index contributed by atoms with van der Waals surface area (Å²) in [6.07, 6.45) is 2.30. The fourth-order valence-corrected chi connectivity index (χ4v) is 5.94. The molecule has 3 heterocycles. The summed E-state index contributed by atoms with van der Waals surface area (Å²) in [6, 6.07) is 6.15. The van der Waals surface area contributed by atoms with Gasteiger partial charge < -0.3 is 5.32 Å². The number of thiazole rings is 1. The van der Waals surface area contributed by atoms with E-state index in [2.05, 4.69) is 45.7 Å². The van der Waals surface area contributed by atoms with Crippen LogP contribution in [0, 0.1) is 0 Å². The van der Waals surface area contributed by atoms with Crippen LogP contribution >= 0.6 is 38.6 Å². The van der Waals surface area contributed by atoms with Gasteiger partial charge in [0.15, 0.2) is 0 Å². The molecule has 162 valence electrons. The van der Waals surface area contributed by atoms with Gasteiger partial charge in [-0.05, 0) is 42.8 Å². The standard InChI is InChI=1S/C19H18BrN3OS2.2C2H6/c1-3-16(24)22-19-17(12-7-8-23(4-2)10-15(12)26-19)18-21-13-9-11(20)5-6-14(13)25-18;2*1-2/h3,5-6,9H,1,4,7-8,10H2,2H3,(H,22,24);2*1-2H3. The van der Waals surface area contributed by atoms with E-state index in [-0.39, 0.29) is 5.91 Å². The lowest BCUT2D eigenvalue weighted by molar-refractivity contribution is -0.111. The molecule has 0 bridgehead atoms. The Morgan fingerprint density at radius 3 is 2.70 bits per heavy atom. The SMILES string of the molecule is C=CC(=O)Nc1sc2c(c1-c1nc3cc(Br)ccc3s1)CCN(CC)C2.CC.CC. The number of nitrogens with zero attached hydrogens (tertiary/aromatic N) is 2. The van der Waals surface area contributed by atoms with Crippen molar-refractivity contribution < 1.29 is 4.79 Å². The minimum absolute atomic E-state index is 0.180. The van der Waals surface area contributed by atoms with Crippen LogP contribution < -0.4 is 5.32 Å². The van der Waals surface area contributed by atoms with E-state index in [4.69, 9.17) is 4.98 Å². The van der Waals surface area contributed by atoms with Gasteiger partial charge in [0.25, 0.3) is 0 Å². The zero-order valence-corrected chi connectivity index (χ0v) is 21.6. The number of carbonyl (C=O) groups is 1. The summed E-state index contributed by atoms with van der Waals surface area (Å²) < 4.78 is 2.17. The van der Waals surface area contributed by atoms with E-state index < -0.39 is 0 Å². The molecule has 7 heteroatoms. The van der Waals surface area contributed by atoms with Crippen LogP contribution in [0.15, 0.2) is 35.3 Å². The fourth-order valence-electron chi connectivity index (χ4n) is 3.21. The lowest BCUT2D eigenvalue weighted by Gasteiger charge is -2.25. The maximum absolute atomic E-state index is 12.0. The topological polar surface area (TPSA) is 45.2 Å². The number of thiophene rings is 1. The van der Waals surface area contributed by atoms with Crippen molar-refractivity contribution in [2.24, 2.45) is 0 Å². The number of anilines is 1. The molecule has 1 aromatic carbocycles. The molecule has 0 atom stereocenters. The molecule has 0 aliphatic carbocycles. The number of hydrogen-bond donors (Lipinski definition) is 1. The molecule has 4 rings (SSSR count). The number of carbonyl (C=O) groups excluding carboxylic acids is 1. The number of nitrogens with one attached hydrogen (secondary N) is 1. The van der Waals surface area contributed by atoms with Crippen LogP contribution in [0.4, 0.5) is 5.00 Å². The maximum Gasteiger partial charge on any atom is 0.248 e. The van der Waals surface area contributed by atoms with Crippen LogP contribution in [0.5, 0.6) is 0 Å². The average molecular weight is 509 g/mol. The predicted molar refractivity (Wildman–Crippen MR) is 137 cm³/mol. The predicted octanol–water partition coefficient (Wildman–Crippen LogP) is 7.34. The zero-order valence-electron chi connectivity index (χ0n) is 18.3. The Kier molecular flexibility index (Phi) is 9.68. The van der Waals surface area contributed by atoms with E-state index in [1.807, 2.05) is 39.8 Å². The van der Waals surface area contributed by atoms with Crippen molar-refractivity contribution in [2.45, 2.75) is 47.6 Å². The van der Waals surface area contributed by atoms with Gasteiger partial charge in [-0.25, -0.2) is 4.98 Å². The quantitative estimate of drug-likeness (QED) is 0.375. The van der Waals surface area contributed by atoms with Crippen molar-refractivity contribution in [3.63, 3.8) is 0 Å². The Morgan fingerprint density at radius 2 is 2.03 bits per heavy atom. The average Bonchev–Trinajstić information content (AvgIpc) is 3.35. The van der Waals surface area contributed by atoms with Gasteiger partial charge in [-0.3, -0.25) is 9.69 Å². The molecule has 0 saturated carbocycles. The third-order valence-corrected chi connectivity index (χ3v) is 7.25. The van der Waals surface area contributed by atoms with Gasteiger partial charge in [0.05, 0.1) is 10.2 Å². The van der Waals surface area contributed by atoms with Crippen LogP contribution in [0.25, 0.3) is 20.8 Å². The lowest BCUT2D eigenvalue weighted by atomic mass is 10.0. The van der Waals surface area contributed by atoms with E-state index in [1.54, 1.807) is 22.7 Å². The summed E-state index contributed by atoms with van der Waals surface area (Å²) in [5, 5.41) is 4.86. The molecule has 30 heavy (non-hydrogen) atoms. The van der Waals surface area contributed by atoms with Crippen LogP contribution in [0.2, 0.25) is 0 Å². The van der Waals surface area contributed by atoms with Gasteiger partial charge in [-0.1, -0.05) is 57.1 Å². The lowest BCUT2D eigenvalue weighted by Crippen LogP contribution is -2.29. The molecule has 4 nitrogen and oxygen atoms in total. The normalized spacial score (nSPS) is 12.9. The first kappa shape index (κ1) is 24.7. The molecule has 0 unspecified atom stereocenters. The first-order chi connectivity index (χ1) is 14.6. The van der Waals surface area contributed by atoms with Crippen molar-refractivity contribution in [2.75, 3.05) is 18.4 Å². The molecule has 3 aromatic rings. The molecule has 0 fully saturated rings. The highest BCUT2D eigenvalue weighted by atomic mass is 79.9. The molecule has 0 radical (unpaired) electrons. The fraction of sp³-hybridized carbons (Fsp3) is 0.391. The summed E-state index contributed by atoms with van der Waals surface area (Å²) in [5.41, 5.74) is 3.40. The first-order valence-electron chi connectivity index (χ1n) is 10.5. The molecule has 0 spiro atoms. The number of hydrogen-bond acceptors (Lipinski definition) is 5. The van der Waals surface area contributed by atoms with E-state index >= 15 is 0 Å². The minimum Gasteiger partial charge on any atom is -0.314 e. The molecule has 2 aromatic heterocycles. The summed E-state index contributed by atoms with van der Waals surface area (Å²) >= 11 is 6.86. The Hall–Kier alpha value is -1.54. The van der Waals surface area contributed by atoms with Crippen LogP contribution in [0.1, 0.15) is 45.1 Å². The highest BCUT2D eigenvalue weighted by Crippen LogP contribution is 2.45. The first-order valence-corrected chi connectivity index (χ1v) is 12.9. The Balaban J connectivity index is 0.000000757. The van der Waals surface area contributed by atoms with E-state index in [0.717, 1.165) is 56.3 Å².